The predicted octanol–water partition coefficient (Wildman–Crippen LogP) is 3.75. The first kappa shape index (κ1) is 20.8. The van der Waals surface area contributed by atoms with Gasteiger partial charge in [0.2, 0.25) is 0 Å². The van der Waals surface area contributed by atoms with Crippen LogP contribution in [-0.2, 0) is 17.5 Å². The number of anilines is 2. The van der Waals surface area contributed by atoms with E-state index < -0.39 is 11.0 Å². The summed E-state index contributed by atoms with van der Waals surface area (Å²) < 4.78 is 16.0. The Hall–Kier alpha value is -3.43. The zero-order valence-electron chi connectivity index (χ0n) is 16.3. The standard InChI is InChI=1S/C21H19ClN6O2S/c1-2-31(30)28(15-6-4-3-5-7-15)11-10-27-21-18(20(23)24-13-25-21)19(26-27)14-8-9-16(22)17(29)12-14/h2-9,12-13,29H,1,10-11H2,(H2,23,24,25). The van der Waals surface area contributed by atoms with Crippen LogP contribution in [0.25, 0.3) is 22.3 Å². The molecule has 0 amide bonds. The second kappa shape index (κ2) is 8.75. The predicted molar refractivity (Wildman–Crippen MR) is 124 cm³/mol. The van der Waals surface area contributed by atoms with Crippen molar-refractivity contribution in [1.29, 1.82) is 0 Å². The zero-order valence-corrected chi connectivity index (χ0v) is 17.9. The summed E-state index contributed by atoms with van der Waals surface area (Å²) in [4.78, 5) is 8.43. The van der Waals surface area contributed by atoms with Crippen LogP contribution in [0.4, 0.5) is 11.5 Å². The van der Waals surface area contributed by atoms with E-state index in [9.17, 15) is 9.32 Å². The Morgan fingerprint density at radius 2 is 2.00 bits per heavy atom. The van der Waals surface area contributed by atoms with Crippen molar-refractivity contribution < 1.29 is 9.32 Å². The molecule has 0 aliphatic heterocycles. The van der Waals surface area contributed by atoms with Crippen molar-refractivity contribution in [3.63, 3.8) is 0 Å². The summed E-state index contributed by atoms with van der Waals surface area (Å²) in [5, 5.41) is 16.9. The van der Waals surface area contributed by atoms with Crippen LogP contribution in [0.1, 0.15) is 0 Å². The van der Waals surface area contributed by atoms with Crippen molar-refractivity contribution in [2.45, 2.75) is 6.54 Å². The largest absolute Gasteiger partial charge is 0.506 e. The Morgan fingerprint density at radius 1 is 1.23 bits per heavy atom. The Labute approximate surface area is 186 Å². The number of nitrogens with two attached hydrogens (primary N) is 1. The molecule has 0 fully saturated rings. The Morgan fingerprint density at radius 3 is 2.71 bits per heavy atom. The van der Waals surface area contributed by atoms with Crippen LogP contribution in [0.15, 0.2) is 66.8 Å². The Balaban J connectivity index is 1.74. The van der Waals surface area contributed by atoms with Crippen molar-refractivity contribution >= 4 is 45.1 Å². The molecule has 158 valence electrons. The minimum atomic E-state index is -1.41. The van der Waals surface area contributed by atoms with Gasteiger partial charge in [-0.3, -0.25) is 4.31 Å². The number of benzene rings is 2. The van der Waals surface area contributed by atoms with E-state index in [2.05, 4.69) is 21.6 Å². The third-order valence-corrected chi connectivity index (χ3v) is 6.13. The highest BCUT2D eigenvalue weighted by Crippen LogP contribution is 2.34. The second-order valence-electron chi connectivity index (χ2n) is 6.58. The van der Waals surface area contributed by atoms with Gasteiger partial charge < -0.3 is 10.8 Å². The average molecular weight is 455 g/mol. The molecule has 0 saturated heterocycles. The molecular weight excluding hydrogens is 436 g/mol. The quantitative estimate of drug-likeness (QED) is 0.440. The number of para-hydroxylation sites is 1. The molecule has 4 aromatic rings. The lowest BCUT2D eigenvalue weighted by Gasteiger charge is -2.21. The van der Waals surface area contributed by atoms with E-state index in [1.807, 2.05) is 30.3 Å². The third-order valence-electron chi connectivity index (χ3n) is 4.70. The summed E-state index contributed by atoms with van der Waals surface area (Å²) in [7, 11) is -1.41. The van der Waals surface area contributed by atoms with Crippen molar-refractivity contribution in [2.24, 2.45) is 0 Å². The first-order valence-corrected chi connectivity index (χ1v) is 10.9. The van der Waals surface area contributed by atoms with E-state index in [1.165, 1.54) is 17.8 Å². The lowest BCUT2D eigenvalue weighted by Crippen LogP contribution is -2.28. The van der Waals surface area contributed by atoms with E-state index >= 15 is 0 Å². The fourth-order valence-corrected chi connectivity index (χ4v) is 4.13. The van der Waals surface area contributed by atoms with Gasteiger partial charge in [0, 0.05) is 16.7 Å². The van der Waals surface area contributed by atoms with Crippen LogP contribution in [-0.4, -0.2) is 35.6 Å². The molecule has 0 aliphatic rings. The van der Waals surface area contributed by atoms with E-state index in [-0.39, 0.29) is 16.6 Å². The first-order valence-electron chi connectivity index (χ1n) is 9.31. The summed E-state index contributed by atoms with van der Waals surface area (Å²) >= 11 is 5.94. The highest BCUT2D eigenvalue weighted by molar-refractivity contribution is 7.89. The number of rotatable bonds is 7. The van der Waals surface area contributed by atoms with Gasteiger partial charge in [0.25, 0.3) is 0 Å². The second-order valence-corrected chi connectivity index (χ2v) is 8.31. The number of phenols is 1. The molecular formula is C21H19ClN6O2S. The number of phenolic OH excluding ortho intramolecular Hbond substituents is 1. The normalized spacial score (nSPS) is 12.0. The molecule has 0 saturated carbocycles. The molecule has 0 bridgehead atoms. The van der Waals surface area contributed by atoms with Crippen LogP contribution in [0.5, 0.6) is 5.75 Å². The van der Waals surface area contributed by atoms with Gasteiger partial charge in [-0.15, -0.1) is 0 Å². The molecule has 3 N–H and O–H groups in total. The van der Waals surface area contributed by atoms with Crippen LogP contribution in [0.2, 0.25) is 5.02 Å². The molecule has 2 aromatic heterocycles. The van der Waals surface area contributed by atoms with E-state index in [0.29, 0.717) is 35.4 Å². The molecule has 1 atom stereocenters. The molecule has 0 aliphatic carbocycles. The topological polar surface area (TPSA) is 110 Å². The van der Waals surface area contributed by atoms with Gasteiger partial charge in [-0.25, -0.2) is 18.9 Å². The average Bonchev–Trinajstić information content (AvgIpc) is 3.16. The molecule has 2 heterocycles. The fourth-order valence-electron chi connectivity index (χ4n) is 3.24. The van der Waals surface area contributed by atoms with E-state index in [4.69, 9.17) is 17.3 Å². The number of nitrogen functional groups attached to an aromatic ring is 1. The molecule has 8 nitrogen and oxygen atoms in total. The van der Waals surface area contributed by atoms with Crippen LogP contribution in [0, 0.1) is 0 Å². The van der Waals surface area contributed by atoms with Gasteiger partial charge >= 0.3 is 0 Å². The smallest absolute Gasteiger partial charge is 0.164 e. The van der Waals surface area contributed by atoms with Crippen molar-refractivity contribution in [3.05, 3.63) is 71.9 Å². The van der Waals surface area contributed by atoms with Crippen LogP contribution >= 0.6 is 11.6 Å². The zero-order chi connectivity index (χ0) is 22.0. The number of nitrogens with zero attached hydrogens (tertiary/aromatic N) is 5. The van der Waals surface area contributed by atoms with Crippen molar-refractivity contribution in [1.82, 2.24) is 19.7 Å². The molecule has 4 rings (SSSR count). The summed E-state index contributed by atoms with van der Waals surface area (Å²) in [5.74, 6) is 0.212. The fraction of sp³-hybridized carbons (Fsp3) is 0.0952. The summed E-state index contributed by atoms with van der Waals surface area (Å²) in [6, 6.07) is 14.3. The molecule has 2 aromatic carbocycles. The summed E-state index contributed by atoms with van der Waals surface area (Å²) in [5.41, 5.74) is 8.61. The maximum atomic E-state index is 12.6. The van der Waals surface area contributed by atoms with Crippen molar-refractivity contribution in [2.75, 3.05) is 16.6 Å². The lowest BCUT2D eigenvalue weighted by atomic mass is 10.1. The van der Waals surface area contributed by atoms with Gasteiger partial charge in [0.1, 0.15) is 34.6 Å². The van der Waals surface area contributed by atoms with Gasteiger partial charge in [0.05, 0.1) is 23.5 Å². The molecule has 0 radical (unpaired) electrons. The van der Waals surface area contributed by atoms with Crippen molar-refractivity contribution in [3.8, 4) is 17.0 Å². The Kier molecular flexibility index (Phi) is 5.88. The summed E-state index contributed by atoms with van der Waals surface area (Å²) in [6.07, 6.45) is 1.37. The molecule has 10 heteroatoms. The van der Waals surface area contributed by atoms with Gasteiger partial charge in [-0.1, -0.05) is 42.4 Å². The number of hydrogen-bond donors (Lipinski definition) is 2. The Bertz CT molecular complexity index is 1280. The monoisotopic (exact) mass is 454 g/mol. The number of aromatic nitrogens is 4. The number of hydrogen-bond acceptors (Lipinski definition) is 6. The lowest BCUT2D eigenvalue weighted by molar-refractivity contribution is 0.476. The summed E-state index contributed by atoms with van der Waals surface area (Å²) in [6.45, 7) is 4.41. The molecule has 31 heavy (non-hydrogen) atoms. The van der Waals surface area contributed by atoms with E-state index in [0.717, 1.165) is 5.69 Å². The minimum absolute atomic E-state index is 0.0612. The van der Waals surface area contributed by atoms with E-state index in [1.54, 1.807) is 21.1 Å². The number of aromatic hydroxyl groups is 1. The van der Waals surface area contributed by atoms with Crippen LogP contribution < -0.4 is 10.0 Å². The van der Waals surface area contributed by atoms with Crippen LogP contribution in [0.3, 0.4) is 0 Å². The van der Waals surface area contributed by atoms with Gasteiger partial charge in [-0.2, -0.15) is 5.10 Å². The van der Waals surface area contributed by atoms with Gasteiger partial charge in [-0.05, 0) is 24.3 Å². The number of fused-ring (bicyclic) bond motifs is 1. The maximum Gasteiger partial charge on any atom is 0.164 e. The number of halogens is 1. The SMILES string of the molecule is C=CS(=O)N(CCn1nc(-c2ccc(Cl)c(O)c2)c2c(N)ncnc21)c1ccccc1. The highest BCUT2D eigenvalue weighted by atomic mass is 35.5. The molecule has 1 unspecified atom stereocenters. The maximum absolute atomic E-state index is 12.6. The molecule has 0 spiro atoms. The highest BCUT2D eigenvalue weighted by Gasteiger charge is 2.19. The van der Waals surface area contributed by atoms with Gasteiger partial charge in [0.15, 0.2) is 5.65 Å². The minimum Gasteiger partial charge on any atom is -0.506 e. The third kappa shape index (κ3) is 4.10. The first-order chi connectivity index (χ1) is 15.0.